The molecule has 0 aliphatic rings. The Hall–Kier alpha value is 0.530. The Morgan fingerprint density at radius 3 is 1.54 bits per heavy atom. The molecule has 0 radical (unpaired) electrons. The molecule has 4 N–H and O–H groups in total. The summed E-state index contributed by atoms with van der Waals surface area (Å²) in [6, 6.07) is 0. The Morgan fingerprint density at radius 1 is 0.923 bits per heavy atom. The molecule has 0 saturated heterocycles. The van der Waals surface area contributed by atoms with Crippen LogP contribution >= 0.6 is 22.3 Å². The fourth-order valence-electron chi connectivity index (χ4n) is 0.743. The average molecular weight is 252 g/mol. The molecule has 0 saturated carbocycles. The van der Waals surface area contributed by atoms with Crippen molar-refractivity contribution in [3.05, 3.63) is 0 Å². The largest absolute Gasteiger partial charge is 0.344 e. The highest BCUT2D eigenvalue weighted by Crippen LogP contribution is 2.61. The van der Waals surface area contributed by atoms with E-state index in [1.54, 1.807) is 0 Å². The second-order valence-electron chi connectivity index (χ2n) is 2.84. The van der Waals surface area contributed by atoms with E-state index in [1.807, 2.05) is 0 Å². The Balaban J connectivity index is 4.54. The van der Waals surface area contributed by atoms with Crippen LogP contribution in [0.3, 0.4) is 0 Å². The van der Waals surface area contributed by atoms with Crippen LogP contribution in [-0.4, -0.2) is 38.0 Å². The standard InChI is InChI=1S/C3H11O7P3/c1-11(4,5)2-12(6,7)3-13(8,9)10/h2-3H2,1H3,(H,4,5)(H,6,7)(H2,8,9,10). The molecule has 2 unspecified atom stereocenters. The van der Waals surface area contributed by atoms with E-state index in [4.69, 9.17) is 19.6 Å². The van der Waals surface area contributed by atoms with Gasteiger partial charge in [0, 0.05) is 6.66 Å². The highest BCUT2D eigenvalue weighted by molar-refractivity contribution is 7.80. The van der Waals surface area contributed by atoms with Gasteiger partial charge in [0.2, 0.25) is 14.7 Å². The highest BCUT2D eigenvalue weighted by atomic mass is 31.3. The molecular formula is C3H11O7P3. The SMILES string of the molecule is CP(=O)(O)CP(=O)(O)CP(=O)(O)O. The maximum atomic E-state index is 11.0. The lowest BCUT2D eigenvalue weighted by Crippen LogP contribution is -1.96. The van der Waals surface area contributed by atoms with Crippen LogP contribution in [0.25, 0.3) is 0 Å². The fourth-order valence-corrected chi connectivity index (χ4v) is 7.49. The van der Waals surface area contributed by atoms with Crippen LogP contribution in [0.1, 0.15) is 0 Å². The summed E-state index contributed by atoms with van der Waals surface area (Å²) >= 11 is 0. The molecule has 10 heteroatoms. The quantitative estimate of drug-likeness (QED) is 0.527. The van der Waals surface area contributed by atoms with Crippen molar-refractivity contribution in [2.75, 3.05) is 18.5 Å². The zero-order valence-electron chi connectivity index (χ0n) is 6.77. The molecule has 0 aromatic rings. The lowest BCUT2D eigenvalue weighted by Gasteiger charge is -2.13. The van der Waals surface area contributed by atoms with Crippen LogP contribution in [0.4, 0.5) is 0 Å². The smallest absolute Gasteiger partial charge is 0.335 e. The van der Waals surface area contributed by atoms with Gasteiger partial charge < -0.3 is 19.6 Å². The van der Waals surface area contributed by atoms with E-state index in [0.717, 1.165) is 6.66 Å². The summed E-state index contributed by atoms with van der Waals surface area (Å²) in [7, 11) is -12.6. The monoisotopic (exact) mass is 252 g/mol. The van der Waals surface area contributed by atoms with Gasteiger partial charge in [-0.05, 0) is 0 Å². The molecule has 0 aliphatic carbocycles. The molecule has 80 valence electrons. The van der Waals surface area contributed by atoms with Gasteiger partial charge in [-0.15, -0.1) is 0 Å². The normalized spacial score (nSPS) is 21.9. The maximum Gasteiger partial charge on any atom is 0.335 e. The third kappa shape index (κ3) is 8.85. The van der Waals surface area contributed by atoms with Crippen LogP contribution in [-0.2, 0) is 13.7 Å². The average Bonchev–Trinajstić information content (AvgIpc) is 1.43. The van der Waals surface area contributed by atoms with Crippen LogP contribution in [0.15, 0.2) is 0 Å². The molecule has 0 aromatic carbocycles. The van der Waals surface area contributed by atoms with Crippen molar-refractivity contribution in [3.8, 4) is 0 Å². The second kappa shape index (κ2) is 3.95. The summed E-state index contributed by atoms with van der Waals surface area (Å²) in [5, 5.41) is 0. The molecule has 0 rings (SSSR count). The molecule has 2 atom stereocenters. The minimum Gasteiger partial charge on any atom is -0.344 e. The van der Waals surface area contributed by atoms with Crippen molar-refractivity contribution in [3.63, 3.8) is 0 Å². The van der Waals surface area contributed by atoms with Crippen molar-refractivity contribution in [2.45, 2.75) is 0 Å². The summed E-state index contributed by atoms with van der Waals surface area (Å²) in [6.45, 7) is 0.857. The molecule has 0 fully saturated rings. The van der Waals surface area contributed by atoms with Crippen molar-refractivity contribution < 1.29 is 33.3 Å². The Labute approximate surface area is 74.9 Å². The van der Waals surface area contributed by atoms with Crippen LogP contribution in [0.2, 0.25) is 0 Å². The van der Waals surface area contributed by atoms with E-state index in [2.05, 4.69) is 0 Å². The Morgan fingerprint density at radius 2 is 1.31 bits per heavy atom. The summed E-state index contributed by atoms with van der Waals surface area (Å²) < 4.78 is 32.0. The minimum atomic E-state index is -4.62. The van der Waals surface area contributed by atoms with Gasteiger partial charge in [0.15, 0.2) is 0 Å². The first kappa shape index (κ1) is 13.5. The molecule has 0 aliphatic heterocycles. The van der Waals surface area contributed by atoms with Gasteiger partial charge in [0.05, 0.1) is 0 Å². The maximum absolute atomic E-state index is 11.0. The second-order valence-corrected chi connectivity index (χ2v) is 10.2. The van der Waals surface area contributed by atoms with Gasteiger partial charge in [-0.25, -0.2) is 0 Å². The number of hydrogen-bond donors (Lipinski definition) is 4. The minimum absolute atomic E-state index is 0.857. The topological polar surface area (TPSA) is 132 Å². The first-order valence-electron chi connectivity index (χ1n) is 3.06. The first-order valence-corrected chi connectivity index (χ1v) is 9.18. The molecule has 13 heavy (non-hydrogen) atoms. The third-order valence-corrected chi connectivity index (χ3v) is 8.00. The van der Waals surface area contributed by atoms with Gasteiger partial charge in [-0.3, -0.25) is 13.7 Å². The van der Waals surface area contributed by atoms with Gasteiger partial charge >= 0.3 is 7.60 Å². The van der Waals surface area contributed by atoms with E-state index in [-0.39, 0.29) is 0 Å². The highest BCUT2D eigenvalue weighted by Gasteiger charge is 2.34. The van der Waals surface area contributed by atoms with E-state index in [9.17, 15) is 13.7 Å². The van der Waals surface area contributed by atoms with Crippen LogP contribution < -0.4 is 0 Å². The summed E-state index contributed by atoms with van der Waals surface area (Å²) in [5.41, 5.74) is 0. The predicted octanol–water partition coefficient (Wildman–Crippen LogP) is 0.250. The predicted molar refractivity (Wildman–Crippen MR) is 47.4 cm³/mol. The zero-order valence-corrected chi connectivity index (χ0v) is 9.45. The van der Waals surface area contributed by atoms with Crippen molar-refractivity contribution in [1.29, 1.82) is 0 Å². The summed E-state index contributed by atoms with van der Waals surface area (Å²) in [5.74, 6) is -2.22. The Kier molecular flexibility index (Phi) is 4.11. The molecule has 0 spiro atoms. The number of rotatable bonds is 4. The molecule has 0 aromatic heterocycles. The van der Waals surface area contributed by atoms with Crippen LogP contribution in [0, 0.1) is 0 Å². The zero-order chi connectivity index (χ0) is 10.9. The molecular weight excluding hydrogens is 241 g/mol. The fraction of sp³-hybridized carbons (Fsp3) is 1.00. The van der Waals surface area contributed by atoms with Crippen LogP contribution in [0.5, 0.6) is 0 Å². The van der Waals surface area contributed by atoms with Crippen molar-refractivity contribution in [1.82, 2.24) is 0 Å². The summed E-state index contributed by atoms with van der Waals surface area (Å²) in [6.07, 6.45) is 0. The van der Waals surface area contributed by atoms with E-state index >= 15 is 0 Å². The third-order valence-electron chi connectivity index (χ3n) is 0.889. The van der Waals surface area contributed by atoms with Gasteiger partial charge in [0.25, 0.3) is 0 Å². The summed E-state index contributed by atoms with van der Waals surface area (Å²) in [4.78, 5) is 34.4. The lowest BCUT2D eigenvalue weighted by molar-refractivity contribution is 0.376. The lowest BCUT2D eigenvalue weighted by atomic mass is 11.8. The molecule has 7 nitrogen and oxygen atoms in total. The van der Waals surface area contributed by atoms with Crippen molar-refractivity contribution >= 4 is 22.3 Å². The number of hydrogen-bond acceptors (Lipinski definition) is 3. The molecule has 0 amide bonds. The molecule has 0 bridgehead atoms. The van der Waals surface area contributed by atoms with E-state index < -0.39 is 34.1 Å². The van der Waals surface area contributed by atoms with E-state index in [0.29, 0.717) is 0 Å². The molecule has 0 heterocycles. The van der Waals surface area contributed by atoms with E-state index in [1.165, 1.54) is 0 Å². The van der Waals surface area contributed by atoms with Gasteiger partial charge in [0.1, 0.15) is 11.8 Å². The first-order chi connectivity index (χ1) is 5.41. The van der Waals surface area contributed by atoms with Crippen molar-refractivity contribution in [2.24, 2.45) is 0 Å². The van der Waals surface area contributed by atoms with Gasteiger partial charge in [-0.2, -0.15) is 0 Å². The van der Waals surface area contributed by atoms with Gasteiger partial charge in [-0.1, -0.05) is 0 Å². The Bertz CT molecular complexity index is 281.